The van der Waals surface area contributed by atoms with Crippen LogP contribution in [-0.2, 0) is 9.53 Å². The molecular weight excluding hydrogens is 242 g/mol. The summed E-state index contributed by atoms with van der Waals surface area (Å²) in [5, 5.41) is 2.76. The Hall–Kier alpha value is -1.55. The lowest BCUT2D eigenvalue weighted by molar-refractivity contribution is -0.127. The lowest BCUT2D eigenvalue weighted by atomic mass is 10.1. The summed E-state index contributed by atoms with van der Waals surface area (Å²) in [6.45, 7) is 8.80. The van der Waals surface area contributed by atoms with Crippen LogP contribution in [0.4, 0.5) is 0 Å². The Balaban J connectivity index is 2.66. The molecule has 1 aromatic carbocycles. The molecule has 1 N–H and O–H groups in total. The highest BCUT2D eigenvalue weighted by atomic mass is 16.5. The number of aryl methyl sites for hydroxylation is 2. The molecular formula is C15H23NO3. The largest absolute Gasteiger partial charge is 0.481 e. The highest BCUT2D eigenvalue weighted by Crippen LogP contribution is 2.24. The molecule has 0 aliphatic rings. The van der Waals surface area contributed by atoms with E-state index < -0.39 is 6.10 Å². The third-order valence-electron chi connectivity index (χ3n) is 3.04. The molecule has 106 valence electrons. The molecule has 0 bridgehead atoms. The zero-order valence-corrected chi connectivity index (χ0v) is 12.4. The third-order valence-corrected chi connectivity index (χ3v) is 3.04. The minimum atomic E-state index is -0.517. The number of benzene rings is 1. The summed E-state index contributed by atoms with van der Waals surface area (Å²) in [5.41, 5.74) is 3.37. The topological polar surface area (TPSA) is 47.6 Å². The summed E-state index contributed by atoms with van der Waals surface area (Å²) in [6.07, 6.45) is -0.517. The number of hydrogen-bond acceptors (Lipinski definition) is 3. The molecule has 0 spiro atoms. The molecule has 1 rings (SSSR count). The SMILES string of the molecule is COCCNC(=O)[C@@H](C)Oc1cc(C)cc(C)c1C. The van der Waals surface area contributed by atoms with Crippen LogP contribution in [0.25, 0.3) is 0 Å². The summed E-state index contributed by atoms with van der Waals surface area (Å²) < 4.78 is 10.6. The Morgan fingerprint density at radius 1 is 1.32 bits per heavy atom. The van der Waals surface area contributed by atoms with Crippen molar-refractivity contribution in [3.8, 4) is 5.75 Å². The first-order chi connectivity index (χ1) is 8.95. The standard InChI is InChI=1S/C15H23NO3/c1-10-8-11(2)12(3)14(9-10)19-13(4)15(17)16-6-7-18-5/h8-9,13H,6-7H2,1-5H3,(H,16,17)/t13-/m1/s1. The molecule has 1 atom stereocenters. The summed E-state index contributed by atoms with van der Waals surface area (Å²) in [5.74, 6) is 0.641. The molecule has 0 radical (unpaired) electrons. The van der Waals surface area contributed by atoms with Crippen LogP contribution in [0.3, 0.4) is 0 Å². The van der Waals surface area contributed by atoms with Gasteiger partial charge in [-0.3, -0.25) is 4.79 Å². The first kappa shape index (κ1) is 15.5. The van der Waals surface area contributed by atoms with Gasteiger partial charge in [0.05, 0.1) is 6.61 Å². The van der Waals surface area contributed by atoms with Gasteiger partial charge in [-0.1, -0.05) is 6.07 Å². The molecule has 4 nitrogen and oxygen atoms in total. The predicted octanol–water partition coefficient (Wildman–Crippen LogP) is 2.14. The molecule has 1 aromatic rings. The van der Waals surface area contributed by atoms with Crippen molar-refractivity contribution < 1.29 is 14.3 Å². The van der Waals surface area contributed by atoms with E-state index in [1.807, 2.05) is 26.8 Å². The Morgan fingerprint density at radius 3 is 2.63 bits per heavy atom. The van der Waals surface area contributed by atoms with Crippen molar-refractivity contribution in [1.29, 1.82) is 0 Å². The smallest absolute Gasteiger partial charge is 0.260 e. The molecule has 0 saturated carbocycles. The van der Waals surface area contributed by atoms with Gasteiger partial charge in [0, 0.05) is 13.7 Å². The van der Waals surface area contributed by atoms with Crippen LogP contribution >= 0.6 is 0 Å². The lowest BCUT2D eigenvalue weighted by Gasteiger charge is -2.17. The van der Waals surface area contributed by atoms with Crippen LogP contribution in [0.15, 0.2) is 12.1 Å². The molecule has 0 saturated heterocycles. The van der Waals surface area contributed by atoms with Gasteiger partial charge in [0.2, 0.25) is 0 Å². The highest BCUT2D eigenvalue weighted by Gasteiger charge is 2.15. The van der Waals surface area contributed by atoms with E-state index in [2.05, 4.69) is 11.4 Å². The monoisotopic (exact) mass is 265 g/mol. The van der Waals surface area contributed by atoms with E-state index in [4.69, 9.17) is 9.47 Å². The number of ether oxygens (including phenoxy) is 2. The first-order valence-electron chi connectivity index (χ1n) is 6.47. The number of methoxy groups -OCH3 is 1. The normalized spacial score (nSPS) is 12.1. The number of carbonyl (C=O) groups excluding carboxylic acids is 1. The van der Waals surface area contributed by atoms with E-state index in [1.54, 1.807) is 14.0 Å². The average Bonchev–Trinajstić information content (AvgIpc) is 2.35. The zero-order chi connectivity index (χ0) is 14.4. The zero-order valence-electron chi connectivity index (χ0n) is 12.4. The average molecular weight is 265 g/mol. The molecule has 1 amide bonds. The van der Waals surface area contributed by atoms with Crippen molar-refractivity contribution in [2.45, 2.75) is 33.8 Å². The molecule has 0 fully saturated rings. The minimum absolute atomic E-state index is 0.129. The van der Waals surface area contributed by atoms with Gasteiger partial charge in [-0.2, -0.15) is 0 Å². The Bertz CT molecular complexity index is 443. The quantitative estimate of drug-likeness (QED) is 0.802. The number of carbonyl (C=O) groups is 1. The highest BCUT2D eigenvalue weighted by molar-refractivity contribution is 5.80. The lowest BCUT2D eigenvalue weighted by Crippen LogP contribution is -2.38. The van der Waals surface area contributed by atoms with Gasteiger partial charge < -0.3 is 14.8 Å². The van der Waals surface area contributed by atoms with E-state index in [9.17, 15) is 4.79 Å². The third kappa shape index (κ3) is 4.56. The molecule has 19 heavy (non-hydrogen) atoms. The number of nitrogens with one attached hydrogen (secondary N) is 1. The van der Waals surface area contributed by atoms with E-state index in [1.165, 1.54) is 5.56 Å². The van der Waals surface area contributed by atoms with Crippen molar-refractivity contribution in [3.63, 3.8) is 0 Å². The fourth-order valence-corrected chi connectivity index (χ4v) is 1.79. The van der Waals surface area contributed by atoms with Gasteiger partial charge in [-0.25, -0.2) is 0 Å². The Morgan fingerprint density at radius 2 is 2.00 bits per heavy atom. The predicted molar refractivity (Wildman–Crippen MR) is 75.6 cm³/mol. The van der Waals surface area contributed by atoms with Gasteiger partial charge in [0.1, 0.15) is 5.75 Å². The van der Waals surface area contributed by atoms with Gasteiger partial charge in [0.15, 0.2) is 6.10 Å². The second kappa shape index (κ2) is 7.14. The van der Waals surface area contributed by atoms with Crippen molar-refractivity contribution in [1.82, 2.24) is 5.32 Å². The molecule has 0 aliphatic heterocycles. The van der Waals surface area contributed by atoms with Crippen molar-refractivity contribution in [2.24, 2.45) is 0 Å². The molecule has 0 aliphatic carbocycles. The molecule has 4 heteroatoms. The second-order valence-corrected chi connectivity index (χ2v) is 4.75. The fraction of sp³-hybridized carbons (Fsp3) is 0.533. The van der Waals surface area contributed by atoms with E-state index in [0.717, 1.165) is 16.9 Å². The summed E-state index contributed by atoms with van der Waals surface area (Å²) >= 11 is 0. The van der Waals surface area contributed by atoms with Crippen LogP contribution in [0.2, 0.25) is 0 Å². The van der Waals surface area contributed by atoms with E-state index >= 15 is 0 Å². The van der Waals surface area contributed by atoms with Gasteiger partial charge in [0.25, 0.3) is 5.91 Å². The Kier molecular flexibility index (Phi) is 5.83. The van der Waals surface area contributed by atoms with Gasteiger partial charge in [-0.15, -0.1) is 0 Å². The molecule has 0 heterocycles. The molecule has 0 aromatic heterocycles. The maximum Gasteiger partial charge on any atom is 0.260 e. The van der Waals surface area contributed by atoms with Crippen LogP contribution < -0.4 is 10.1 Å². The number of hydrogen-bond donors (Lipinski definition) is 1. The number of rotatable bonds is 6. The first-order valence-corrected chi connectivity index (χ1v) is 6.47. The van der Waals surface area contributed by atoms with E-state index in [-0.39, 0.29) is 5.91 Å². The second-order valence-electron chi connectivity index (χ2n) is 4.75. The van der Waals surface area contributed by atoms with Crippen LogP contribution in [-0.4, -0.2) is 32.3 Å². The van der Waals surface area contributed by atoms with Crippen LogP contribution in [0.5, 0.6) is 5.75 Å². The Labute approximate surface area is 115 Å². The van der Waals surface area contributed by atoms with Crippen LogP contribution in [0, 0.1) is 20.8 Å². The molecule has 0 unspecified atom stereocenters. The van der Waals surface area contributed by atoms with E-state index in [0.29, 0.717) is 13.2 Å². The maximum atomic E-state index is 11.8. The number of amides is 1. The van der Waals surface area contributed by atoms with Crippen molar-refractivity contribution >= 4 is 5.91 Å². The van der Waals surface area contributed by atoms with Crippen molar-refractivity contribution in [3.05, 3.63) is 28.8 Å². The summed E-state index contributed by atoms with van der Waals surface area (Å²) in [7, 11) is 1.60. The summed E-state index contributed by atoms with van der Waals surface area (Å²) in [6, 6.07) is 4.06. The maximum absolute atomic E-state index is 11.8. The van der Waals surface area contributed by atoms with Gasteiger partial charge >= 0.3 is 0 Å². The minimum Gasteiger partial charge on any atom is -0.481 e. The van der Waals surface area contributed by atoms with Gasteiger partial charge in [-0.05, 0) is 50.5 Å². The summed E-state index contributed by atoms with van der Waals surface area (Å²) in [4.78, 5) is 11.8. The fourth-order valence-electron chi connectivity index (χ4n) is 1.79. The van der Waals surface area contributed by atoms with Crippen molar-refractivity contribution in [2.75, 3.05) is 20.3 Å². The van der Waals surface area contributed by atoms with Crippen LogP contribution in [0.1, 0.15) is 23.6 Å².